The number of aryl methyl sites for hydroxylation is 1. The summed E-state index contributed by atoms with van der Waals surface area (Å²) in [6.45, 7) is 3.02. The zero-order valence-corrected chi connectivity index (χ0v) is 16.9. The number of benzene rings is 2. The van der Waals surface area contributed by atoms with Gasteiger partial charge in [-0.15, -0.1) is 0 Å². The van der Waals surface area contributed by atoms with Crippen LogP contribution >= 0.6 is 11.6 Å². The summed E-state index contributed by atoms with van der Waals surface area (Å²) in [5.74, 6) is -0.692. The van der Waals surface area contributed by atoms with Crippen LogP contribution in [0.25, 0.3) is 0 Å². The number of nitrogens with zero attached hydrogens (tertiary/aromatic N) is 1. The van der Waals surface area contributed by atoms with Gasteiger partial charge in [-0.25, -0.2) is 17.0 Å². The van der Waals surface area contributed by atoms with Crippen molar-refractivity contribution >= 4 is 37.0 Å². The molecule has 0 aliphatic rings. The van der Waals surface area contributed by atoms with Crippen molar-refractivity contribution in [3.05, 3.63) is 70.2 Å². The number of ketones is 1. The highest BCUT2D eigenvalue weighted by molar-refractivity contribution is 7.96. The van der Waals surface area contributed by atoms with E-state index in [4.69, 9.17) is 11.6 Å². The number of carbonyl (C=O) groups excluding carboxylic acids is 1. The van der Waals surface area contributed by atoms with Gasteiger partial charge < -0.3 is 0 Å². The third-order valence-electron chi connectivity index (χ3n) is 3.59. The topological polar surface area (TPSA) is 80.6 Å². The maximum atomic E-state index is 12.8. The van der Waals surface area contributed by atoms with Gasteiger partial charge in [0.25, 0.3) is 0 Å². The van der Waals surface area contributed by atoms with Crippen molar-refractivity contribution in [1.29, 1.82) is 0 Å². The quantitative estimate of drug-likeness (QED) is 0.696. The fourth-order valence-corrected chi connectivity index (χ4v) is 4.67. The van der Waals surface area contributed by atoms with Crippen molar-refractivity contribution in [3.63, 3.8) is 0 Å². The van der Waals surface area contributed by atoms with Gasteiger partial charge in [0.1, 0.15) is 4.91 Å². The molecule has 0 bridgehead atoms. The predicted molar refractivity (Wildman–Crippen MR) is 103 cm³/mol. The van der Waals surface area contributed by atoms with E-state index in [-0.39, 0.29) is 4.90 Å². The smallest absolute Gasteiger partial charge is 0.211 e. The Morgan fingerprint density at radius 3 is 1.96 bits per heavy atom. The van der Waals surface area contributed by atoms with E-state index in [0.29, 0.717) is 9.92 Å². The van der Waals surface area contributed by atoms with Crippen LogP contribution in [0.2, 0.25) is 5.02 Å². The molecule has 0 heterocycles. The molecule has 1 atom stereocenters. The van der Waals surface area contributed by atoms with Crippen LogP contribution in [0.5, 0.6) is 0 Å². The summed E-state index contributed by atoms with van der Waals surface area (Å²) in [5, 5.41) is 0.373. The number of hydrogen-bond acceptors (Lipinski definition) is 5. The van der Waals surface area contributed by atoms with Crippen molar-refractivity contribution < 1.29 is 17.4 Å². The molecule has 0 amide bonds. The Balaban J connectivity index is 2.56. The van der Waals surface area contributed by atoms with Gasteiger partial charge in [-0.3, -0.25) is 4.79 Å². The molecule has 0 saturated heterocycles. The zero-order valence-electron chi connectivity index (χ0n) is 14.5. The maximum absolute atomic E-state index is 12.8. The van der Waals surface area contributed by atoms with Gasteiger partial charge in [0.2, 0.25) is 9.84 Å². The van der Waals surface area contributed by atoms with Crippen LogP contribution in [0.1, 0.15) is 12.5 Å². The highest BCUT2D eigenvalue weighted by Gasteiger charge is 2.24. The summed E-state index contributed by atoms with van der Waals surface area (Å²) in [7, 11) is -6.99. The summed E-state index contributed by atoms with van der Waals surface area (Å²) in [6.07, 6.45) is 2.27. The van der Waals surface area contributed by atoms with Crippen LogP contribution in [0.4, 0.5) is 0 Å². The second-order valence-corrected chi connectivity index (χ2v) is 10.4. The molecule has 26 heavy (non-hydrogen) atoms. The number of allylic oxidation sites excluding steroid dienone is 1. The normalized spacial score (nSPS) is 14.5. The zero-order chi connectivity index (χ0) is 19.5. The molecule has 0 spiro atoms. The molecule has 0 aliphatic heterocycles. The van der Waals surface area contributed by atoms with Gasteiger partial charge in [0.05, 0.1) is 20.8 Å². The van der Waals surface area contributed by atoms with E-state index in [0.717, 1.165) is 18.7 Å². The van der Waals surface area contributed by atoms with Crippen LogP contribution < -0.4 is 0 Å². The average molecular weight is 412 g/mol. The Hall–Kier alpha value is -1.96. The molecule has 0 unspecified atom stereocenters. The lowest BCUT2D eigenvalue weighted by Crippen LogP contribution is -2.11. The predicted octanol–water partition coefficient (Wildman–Crippen LogP) is 4.01. The Morgan fingerprint density at radius 1 is 0.962 bits per heavy atom. The number of Topliss-reactive ketones (excluding diaryl/α,β-unsaturated/α-hetero) is 1. The lowest BCUT2D eigenvalue weighted by Gasteiger charge is -2.07. The van der Waals surface area contributed by atoms with E-state index in [1.54, 1.807) is 24.3 Å². The van der Waals surface area contributed by atoms with E-state index in [9.17, 15) is 17.4 Å². The second-order valence-electron chi connectivity index (χ2n) is 5.73. The van der Waals surface area contributed by atoms with E-state index in [1.165, 1.54) is 30.5 Å². The van der Waals surface area contributed by atoms with Crippen molar-refractivity contribution in [1.82, 2.24) is 0 Å². The fraction of sp³-hybridized carbons (Fsp3) is 0.167. The number of halogens is 1. The first-order chi connectivity index (χ1) is 12.0. The van der Waals surface area contributed by atoms with Gasteiger partial charge in [-0.05, 0) is 50.2 Å². The molecule has 138 valence electrons. The van der Waals surface area contributed by atoms with Gasteiger partial charge in [-0.2, -0.15) is 0 Å². The Morgan fingerprint density at radius 2 is 1.46 bits per heavy atom. The van der Waals surface area contributed by atoms with Crippen molar-refractivity contribution in [2.75, 3.05) is 6.26 Å². The lowest BCUT2D eigenvalue weighted by molar-refractivity contribution is -0.113. The molecule has 0 aromatic heterocycles. The highest BCUT2D eigenvalue weighted by Crippen LogP contribution is 2.23. The molecule has 0 radical (unpaired) electrons. The molecule has 0 saturated carbocycles. The van der Waals surface area contributed by atoms with Crippen molar-refractivity contribution in [2.45, 2.75) is 23.6 Å². The average Bonchev–Trinajstić information content (AvgIpc) is 2.55. The summed E-state index contributed by atoms with van der Waals surface area (Å²) >= 11 is 5.77. The third kappa shape index (κ3) is 4.60. The van der Waals surface area contributed by atoms with Crippen LogP contribution in [0.15, 0.2) is 73.8 Å². The Labute approximate surface area is 158 Å². The van der Waals surface area contributed by atoms with E-state index < -0.39 is 30.3 Å². The molecular weight excluding hydrogens is 394 g/mol. The molecule has 8 heteroatoms. The minimum absolute atomic E-state index is 0.0866. The van der Waals surface area contributed by atoms with E-state index in [1.807, 2.05) is 6.92 Å². The first-order valence-electron chi connectivity index (χ1n) is 7.54. The monoisotopic (exact) mass is 411 g/mol. The van der Waals surface area contributed by atoms with E-state index >= 15 is 0 Å². The summed E-state index contributed by atoms with van der Waals surface area (Å²) in [4.78, 5) is 11.7. The fourth-order valence-electron chi connectivity index (χ4n) is 2.09. The third-order valence-corrected chi connectivity index (χ3v) is 7.36. The van der Waals surface area contributed by atoms with Gasteiger partial charge in [-0.1, -0.05) is 29.3 Å². The van der Waals surface area contributed by atoms with Crippen LogP contribution in [-0.2, 0) is 24.4 Å². The summed E-state index contributed by atoms with van der Waals surface area (Å²) in [5.41, 5.74) is 0.995. The molecule has 0 N–H and O–H groups in total. The van der Waals surface area contributed by atoms with Gasteiger partial charge >= 0.3 is 0 Å². The number of hydrogen-bond donors (Lipinski definition) is 0. The number of sulfone groups is 1. The van der Waals surface area contributed by atoms with Crippen molar-refractivity contribution in [2.24, 2.45) is 4.36 Å². The first-order valence-corrected chi connectivity index (χ1v) is 11.3. The standard InChI is InChI=1S/C18H18ClNO4S2/c1-13-4-8-16(9-5-13)25(3,22)20-12-18(14(2)21)26(23,24)17-10-6-15(19)7-11-17/h4-12H,1-3H3/b18-12+/t25-/m1/s1. The van der Waals surface area contributed by atoms with Crippen molar-refractivity contribution in [3.8, 4) is 0 Å². The molecule has 2 aromatic carbocycles. The van der Waals surface area contributed by atoms with E-state index in [2.05, 4.69) is 4.36 Å². The molecular formula is C18H18ClNO4S2. The summed E-state index contributed by atoms with van der Waals surface area (Å²) in [6, 6.07) is 12.3. The minimum atomic E-state index is -4.09. The molecule has 0 aliphatic carbocycles. The lowest BCUT2D eigenvalue weighted by atomic mass is 10.2. The number of rotatable bonds is 5. The van der Waals surface area contributed by atoms with Gasteiger partial charge in [0, 0.05) is 16.2 Å². The Bertz CT molecular complexity index is 1080. The highest BCUT2D eigenvalue weighted by atomic mass is 35.5. The number of carbonyl (C=O) groups is 1. The summed E-state index contributed by atoms with van der Waals surface area (Å²) < 4.78 is 42.1. The SMILES string of the molecule is CC(=O)/C(=C\N=[S@](C)(=O)c1ccc(C)cc1)S(=O)(=O)c1ccc(Cl)cc1. The van der Waals surface area contributed by atoms with Gasteiger partial charge in [0.15, 0.2) is 5.78 Å². The first kappa shape index (κ1) is 20.4. The van der Waals surface area contributed by atoms with Crippen LogP contribution in [0.3, 0.4) is 0 Å². The molecule has 5 nitrogen and oxygen atoms in total. The Kier molecular flexibility index (Phi) is 6.05. The second kappa shape index (κ2) is 7.73. The maximum Gasteiger partial charge on any atom is 0.211 e. The van der Waals surface area contributed by atoms with Crippen LogP contribution in [-0.4, -0.2) is 24.7 Å². The molecule has 2 rings (SSSR count). The largest absolute Gasteiger partial charge is 0.294 e. The molecule has 0 fully saturated rings. The minimum Gasteiger partial charge on any atom is -0.294 e. The molecule has 2 aromatic rings. The van der Waals surface area contributed by atoms with Crippen LogP contribution in [0, 0.1) is 6.92 Å².